The van der Waals surface area contributed by atoms with E-state index in [1.54, 1.807) is 0 Å². The van der Waals surface area contributed by atoms with Gasteiger partial charge in [0.1, 0.15) is 0 Å². The van der Waals surface area contributed by atoms with Crippen molar-refractivity contribution < 1.29 is 47.3 Å². The molecule has 0 aliphatic rings. The molecular weight excluding hydrogens is 419 g/mol. The third-order valence-corrected chi connectivity index (χ3v) is 8.15. The zero-order valence-electron chi connectivity index (χ0n) is 8.87. The van der Waals surface area contributed by atoms with Crippen LogP contribution >= 0.6 is 0 Å². The van der Waals surface area contributed by atoms with Crippen LogP contribution in [0.3, 0.4) is 0 Å². The maximum atomic E-state index is 10.9. The molecule has 0 amide bonds. The Morgan fingerprint density at radius 2 is 2.12 bits per heavy atom. The van der Waals surface area contributed by atoms with Crippen molar-refractivity contribution >= 4 is 20.7 Å². The second-order valence-electron chi connectivity index (χ2n) is 3.15. The van der Waals surface area contributed by atoms with Crippen molar-refractivity contribution in [2.75, 3.05) is 0 Å². The van der Waals surface area contributed by atoms with Crippen molar-refractivity contribution in [1.29, 1.82) is 0 Å². The molecule has 0 fully saturated rings. The number of carboxylic acids is 1. The number of nitro benzene ring substituents is 1. The van der Waals surface area contributed by atoms with E-state index >= 15 is 0 Å². The molecule has 0 unspecified atom stereocenters. The van der Waals surface area contributed by atoms with Crippen LogP contribution in [0, 0.1) is 10.1 Å². The fourth-order valence-corrected chi connectivity index (χ4v) is 5.81. The Kier molecular flexibility index (Phi) is 4.56. The van der Waals surface area contributed by atoms with Crippen LogP contribution in [0.2, 0.25) is 0 Å². The summed E-state index contributed by atoms with van der Waals surface area (Å²) in [5.41, 5.74) is -0.435. The third-order valence-electron chi connectivity index (χ3n) is 2.00. The van der Waals surface area contributed by atoms with Crippen LogP contribution in [0.25, 0.3) is 0 Å². The van der Waals surface area contributed by atoms with Crippen molar-refractivity contribution in [2.45, 2.75) is 6.92 Å². The molecule has 8 heteroatoms. The minimum atomic E-state index is -2.58. The first-order valence-electron chi connectivity index (χ1n) is 4.56. The Bertz CT molecular complexity index is 454. The van der Waals surface area contributed by atoms with E-state index in [0.29, 0.717) is 0 Å². The fraction of sp³-hybridized carbons (Fsp3) is 0.111. The van der Waals surface area contributed by atoms with Gasteiger partial charge in [0.2, 0.25) is 0 Å². The van der Waals surface area contributed by atoms with Gasteiger partial charge >= 0.3 is 109 Å². The maximum absolute atomic E-state index is 10.9. The van der Waals surface area contributed by atoms with E-state index in [1.807, 2.05) is 0 Å². The number of carboxylic acid groups (broad SMARTS) is 1. The van der Waals surface area contributed by atoms with Crippen LogP contribution < -0.4 is 3.07 Å². The second-order valence-corrected chi connectivity index (χ2v) is 8.14. The van der Waals surface area contributed by atoms with Gasteiger partial charge in [0.25, 0.3) is 0 Å². The van der Waals surface area contributed by atoms with Crippen LogP contribution in [0.5, 0.6) is 0 Å². The summed E-state index contributed by atoms with van der Waals surface area (Å²) in [7, 11) is 0. The zero-order chi connectivity index (χ0) is 13.0. The van der Waals surface area contributed by atoms with Crippen molar-refractivity contribution in [3.05, 3.63) is 33.9 Å². The summed E-state index contributed by atoms with van der Waals surface area (Å²) in [6.07, 6.45) is 0. The van der Waals surface area contributed by atoms with Crippen LogP contribution in [-0.4, -0.2) is 22.0 Å². The molecule has 1 aromatic rings. The predicted molar refractivity (Wildman–Crippen MR) is 51.5 cm³/mol. The second kappa shape index (κ2) is 5.71. The van der Waals surface area contributed by atoms with Crippen molar-refractivity contribution in [3.63, 3.8) is 0 Å². The Balaban J connectivity index is 3.23. The number of benzene rings is 1. The summed E-state index contributed by atoms with van der Waals surface area (Å²) in [5, 5.41) is 19.7. The van der Waals surface area contributed by atoms with Crippen LogP contribution in [0.15, 0.2) is 18.2 Å². The monoisotopic (exact) mass is 427 g/mol. The zero-order valence-corrected chi connectivity index (χ0v) is 14.4. The van der Waals surface area contributed by atoms with Gasteiger partial charge < -0.3 is 0 Å². The summed E-state index contributed by atoms with van der Waals surface area (Å²) in [6.45, 7) is 1.19. The average Bonchev–Trinajstić information content (AvgIpc) is 2.25. The molecule has 0 bridgehead atoms. The van der Waals surface area contributed by atoms with Gasteiger partial charge in [-0.05, 0) is 0 Å². The Morgan fingerprint density at radius 3 is 2.59 bits per heavy atom. The van der Waals surface area contributed by atoms with Crippen LogP contribution in [0.4, 0.5) is 5.69 Å². The number of rotatable bonds is 4. The van der Waals surface area contributed by atoms with Gasteiger partial charge in [0.15, 0.2) is 0 Å². The molecule has 1 rings (SSSR count). The van der Waals surface area contributed by atoms with Gasteiger partial charge in [-0.2, -0.15) is 0 Å². The van der Waals surface area contributed by atoms with Crippen molar-refractivity contribution in [3.8, 4) is 0 Å². The van der Waals surface area contributed by atoms with Crippen molar-refractivity contribution in [2.24, 2.45) is 0 Å². The summed E-state index contributed by atoms with van der Waals surface area (Å²) < 4.78 is 4.92. The summed E-state index contributed by atoms with van der Waals surface area (Å²) in [6, 6.07) is 3.78. The molecule has 7 nitrogen and oxygen atoms in total. The van der Waals surface area contributed by atoms with Gasteiger partial charge in [0, 0.05) is 0 Å². The van der Waals surface area contributed by atoms with E-state index < -0.39 is 41.9 Å². The molecule has 0 saturated heterocycles. The summed E-state index contributed by atoms with van der Waals surface area (Å²) in [5.74, 6) is -1.79. The van der Waals surface area contributed by atoms with Gasteiger partial charge in [-0.25, -0.2) is 0 Å². The van der Waals surface area contributed by atoms with Crippen LogP contribution in [0.1, 0.15) is 17.3 Å². The van der Waals surface area contributed by atoms with E-state index in [2.05, 4.69) is 0 Å². The van der Waals surface area contributed by atoms with Gasteiger partial charge in [-0.3, -0.25) is 0 Å². The average molecular weight is 426 g/mol. The molecule has 0 aliphatic heterocycles. The molecule has 0 aliphatic carbocycles. The molecule has 17 heavy (non-hydrogen) atoms. The molecule has 1 N–H and O–H groups in total. The van der Waals surface area contributed by atoms with E-state index in [4.69, 9.17) is 7.75 Å². The first-order valence-corrected chi connectivity index (χ1v) is 9.55. The molecule has 0 spiro atoms. The number of hydrogen-bond acceptors (Lipinski definition) is 5. The SMILES string of the molecule is CC(=O)[O][Hg][c]1c(C(=O)O)cccc1[N+](=O)[O-]. The third kappa shape index (κ3) is 3.48. The summed E-state index contributed by atoms with van der Waals surface area (Å²) in [4.78, 5) is 31.7. The Hall–Kier alpha value is -1.50. The number of aromatic carboxylic acids is 1. The molecule has 0 heterocycles. The molecular formula is C9H7HgNO6. The number of carbonyl (C=O) groups excluding carboxylic acids is 1. The van der Waals surface area contributed by atoms with E-state index in [-0.39, 0.29) is 14.3 Å². The standard InChI is InChI=1S/C7H4NO4.C2H4O2.Hg/c9-7(10)5-2-1-3-6(4-5)8(11)12;1-2(3)4;/h1-3H,(H,9,10);1H3,(H,3,4);/q;;+1/p-1. The Morgan fingerprint density at radius 1 is 1.47 bits per heavy atom. The van der Waals surface area contributed by atoms with E-state index in [0.717, 1.165) is 0 Å². The van der Waals surface area contributed by atoms with Gasteiger partial charge in [0.05, 0.1) is 0 Å². The van der Waals surface area contributed by atoms with Crippen molar-refractivity contribution in [1.82, 2.24) is 0 Å². The topological polar surface area (TPSA) is 107 Å². The fourth-order valence-electron chi connectivity index (χ4n) is 1.27. The van der Waals surface area contributed by atoms with Crippen LogP contribution in [-0.2, 0) is 32.5 Å². The van der Waals surface area contributed by atoms with E-state index in [9.17, 15) is 19.7 Å². The molecule has 1 aromatic carbocycles. The first-order chi connectivity index (χ1) is 7.93. The van der Waals surface area contributed by atoms with Gasteiger partial charge in [-0.15, -0.1) is 0 Å². The number of carbonyl (C=O) groups is 2. The molecule has 0 aromatic heterocycles. The molecule has 0 saturated carbocycles. The normalized spacial score (nSPS) is 9.24. The Labute approximate surface area is 109 Å². The van der Waals surface area contributed by atoms with E-state index in [1.165, 1.54) is 25.1 Å². The number of nitrogens with zero attached hydrogens (tertiary/aromatic N) is 1. The summed E-state index contributed by atoms with van der Waals surface area (Å²) >= 11 is -2.58. The predicted octanol–water partition coefficient (Wildman–Crippen LogP) is 0.479. The molecule has 86 valence electrons. The number of nitro groups is 1. The molecule has 0 radical (unpaired) electrons. The van der Waals surface area contributed by atoms with Gasteiger partial charge in [-0.1, -0.05) is 0 Å². The number of hydrogen-bond donors (Lipinski definition) is 1. The molecule has 0 atom stereocenters. The first kappa shape index (κ1) is 13.6. The quantitative estimate of drug-likeness (QED) is 0.427. The minimum absolute atomic E-state index is 0.0974.